The summed E-state index contributed by atoms with van der Waals surface area (Å²) in [6, 6.07) is 11.9. The van der Waals surface area contributed by atoms with Gasteiger partial charge in [0.05, 0.1) is 36.4 Å². The summed E-state index contributed by atoms with van der Waals surface area (Å²) >= 11 is 0. The van der Waals surface area contributed by atoms with Gasteiger partial charge in [0.2, 0.25) is 5.91 Å². The summed E-state index contributed by atoms with van der Waals surface area (Å²) in [7, 11) is -3.74. The van der Waals surface area contributed by atoms with E-state index in [1.165, 1.54) is 17.9 Å². The van der Waals surface area contributed by atoms with Crippen LogP contribution < -0.4 is 15.5 Å². The molecule has 0 saturated carbocycles. The molecule has 0 bridgehead atoms. The van der Waals surface area contributed by atoms with E-state index < -0.39 is 40.6 Å². The molecule has 0 spiro atoms. The number of aromatic nitrogens is 3. The minimum absolute atomic E-state index is 0.0445. The zero-order chi connectivity index (χ0) is 27.1. The number of ether oxygens (including phenoxy) is 1. The quantitative estimate of drug-likeness (QED) is 0.288. The van der Waals surface area contributed by atoms with Crippen LogP contribution in [0.2, 0.25) is 0 Å². The number of halogens is 1. The Morgan fingerprint density at radius 1 is 1.24 bits per heavy atom. The maximum atomic E-state index is 15.0. The number of H-pyrrole nitrogens is 1. The highest BCUT2D eigenvalue weighted by atomic mass is 32.2. The van der Waals surface area contributed by atoms with Crippen LogP contribution in [0.25, 0.3) is 11.1 Å². The number of anilines is 1. The van der Waals surface area contributed by atoms with Crippen molar-refractivity contribution < 1.29 is 31.3 Å². The summed E-state index contributed by atoms with van der Waals surface area (Å²) in [5.41, 5.74) is 3.28. The molecule has 2 aromatic carbocycles. The van der Waals surface area contributed by atoms with Crippen LogP contribution in [0.5, 0.6) is 0 Å². The fraction of sp³-hybridized carbons (Fsp3) is 0.333. The molecule has 0 radical (unpaired) electrons. The standard InChI is InChI=1S/C24H27FN6O6S/c1-2-38(34,35)36-15-23(32)27-13-20-14-31(24(33)37-20)19-7-8-21(22(25)9-19)17-5-3-16(4-6-17)10-26-11-18-12-28-30-29-18/h3-9,12,20,26H,2,10-11,13-15H2,1H3,(H,27,32)(H,28,29,30)/t20-/m0/s1. The van der Waals surface area contributed by atoms with E-state index in [2.05, 4.69) is 30.2 Å². The molecule has 202 valence electrons. The number of hydrogen-bond acceptors (Lipinski definition) is 9. The molecule has 0 aliphatic carbocycles. The number of hydrogen-bond donors (Lipinski definition) is 3. The minimum atomic E-state index is -3.74. The van der Waals surface area contributed by atoms with Crippen LogP contribution in [0.4, 0.5) is 14.9 Å². The van der Waals surface area contributed by atoms with Crippen molar-refractivity contribution in [2.24, 2.45) is 0 Å². The van der Waals surface area contributed by atoms with Crippen LogP contribution in [0, 0.1) is 5.82 Å². The highest BCUT2D eigenvalue weighted by Gasteiger charge is 2.33. The van der Waals surface area contributed by atoms with E-state index in [1.807, 2.05) is 24.3 Å². The van der Waals surface area contributed by atoms with Gasteiger partial charge >= 0.3 is 6.09 Å². The van der Waals surface area contributed by atoms with Crippen LogP contribution in [-0.4, -0.2) is 67.4 Å². The predicted octanol–water partition coefficient (Wildman–Crippen LogP) is 1.71. The van der Waals surface area contributed by atoms with E-state index in [4.69, 9.17) is 4.74 Å². The molecule has 1 atom stereocenters. The number of aromatic amines is 1. The summed E-state index contributed by atoms with van der Waals surface area (Å²) in [5.74, 6) is -1.41. The van der Waals surface area contributed by atoms with Crippen molar-refractivity contribution in [1.82, 2.24) is 26.0 Å². The molecular weight excluding hydrogens is 519 g/mol. The summed E-state index contributed by atoms with van der Waals surface area (Å²) in [6.07, 6.45) is 0.274. The van der Waals surface area contributed by atoms with E-state index >= 15 is 4.39 Å². The Labute approximate surface area is 218 Å². The van der Waals surface area contributed by atoms with Gasteiger partial charge in [-0.3, -0.25) is 19.0 Å². The highest BCUT2D eigenvalue weighted by molar-refractivity contribution is 7.86. The topological polar surface area (TPSA) is 156 Å². The van der Waals surface area contributed by atoms with Crippen molar-refractivity contribution >= 4 is 27.8 Å². The molecule has 2 amide bonds. The van der Waals surface area contributed by atoms with Crippen molar-refractivity contribution in [3.63, 3.8) is 0 Å². The number of rotatable bonds is 12. The van der Waals surface area contributed by atoms with E-state index in [0.717, 1.165) is 11.3 Å². The molecule has 1 fully saturated rings. The van der Waals surface area contributed by atoms with Crippen LogP contribution >= 0.6 is 0 Å². The lowest BCUT2D eigenvalue weighted by molar-refractivity contribution is -0.123. The van der Waals surface area contributed by atoms with Gasteiger partial charge in [0.25, 0.3) is 10.1 Å². The Balaban J connectivity index is 1.30. The number of nitrogens with one attached hydrogen (secondary N) is 3. The number of benzene rings is 2. The lowest BCUT2D eigenvalue weighted by atomic mass is 10.0. The van der Waals surface area contributed by atoms with Gasteiger partial charge in [-0.05, 0) is 36.2 Å². The molecule has 38 heavy (non-hydrogen) atoms. The maximum Gasteiger partial charge on any atom is 0.414 e. The van der Waals surface area contributed by atoms with Gasteiger partial charge in [-0.15, -0.1) is 5.10 Å². The van der Waals surface area contributed by atoms with Crippen molar-refractivity contribution in [3.8, 4) is 11.1 Å². The molecule has 4 rings (SSSR count). The Morgan fingerprint density at radius 2 is 2.03 bits per heavy atom. The highest BCUT2D eigenvalue weighted by Crippen LogP contribution is 2.29. The maximum absolute atomic E-state index is 15.0. The van der Waals surface area contributed by atoms with Gasteiger partial charge in [-0.2, -0.15) is 8.42 Å². The second-order valence-electron chi connectivity index (χ2n) is 8.48. The van der Waals surface area contributed by atoms with Crippen LogP contribution in [-0.2, 0) is 36.9 Å². The molecule has 0 unspecified atom stereocenters. The summed E-state index contributed by atoms with van der Waals surface area (Å²) < 4.78 is 47.5. The van der Waals surface area contributed by atoms with Crippen LogP contribution in [0.15, 0.2) is 48.7 Å². The first-order valence-electron chi connectivity index (χ1n) is 11.8. The zero-order valence-corrected chi connectivity index (χ0v) is 21.3. The van der Waals surface area contributed by atoms with Gasteiger partial charge in [-0.25, -0.2) is 9.18 Å². The van der Waals surface area contributed by atoms with E-state index in [1.54, 1.807) is 18.3 Å². The molecule has 2 heterocycles. The monoisotopic (exact) mass is 546 g/mol. The molecular formula is C24H27FN6O6S. The van der Waals surface area contributed by atoms with Crippen LogP contribution in [0.3, 0.4) is 0 Å². The lowest BCUT2D eigenvalue weighted by Crippen LogP contribution is -2.37. The van der Waals surface area contributed by atoms with E-state index in [-0.39, 0.29) is 18.8 Å². The third kappa shape index (κ3) is 7.12. The Kier molecular flexibility index (Phi) is 8.66. The van der Waals surface area contributed by atoms with Gasteiger partial charge in [0.15, 0.2) is 0 Å². The smallest absolute Gasteiger partial charge is 0.414 e. The number of nitrogens with zero attached hydrogens (tertiary/aromatic N) is 3. The Hall–Kier alpha value is -3.88. The van der Waals surface area contributed by atoms with E-state index in [0.29, 0.717) is 29.9 Å². The molecule has 1 aliphatic heterocycles. The van der Waals surface area contributed by atoms with Gasteiger partial charge in [0.1, 0.15) is 18.5 Å². The van der Waals surface area contributed by atoms with E-state index in [9.17, 15) is 18.0 Å². The van der Waals surface area contributed by atoms with Crippen molar-refractivity contribution in [2.75, 3.05) is 30.3 Å². The average molecular weight is 547 g/mol. The second-order valence-corrected chi connectivity index (χ2v) is 10.4. The largest absolute Gasteiger partial charge is 0.442 e. The molecule has 12 nitrogen and oxygen atoms in total. The molecule has 3 N–H and O–H groups in total. The second kappa shape index (κ2) is 12.1. The van der Waals surface area contributed by atoms with Gasteiger partial charge < -0.3 is 15.4 Å². The first-order chi connectivity index (χ1) is 18.2. The Morgan fingerprint density at radius 3 is 2.71 bits per heavy atom. The minimum Gasteiger partial charge on any atom is -0.442 e. The molecule has 3 aromatic rings. The first kappa shape index (κ1) is 27.2. The fourth-order valence-electron chi connectivity index (χ4n) is 3.70. The normalized spacial score (nSPS) is 15.5. The number of carbonyl (C=O) groups excluding carboxylic acids is 2. The summed E-state index contributed by atoms with van der Waals surface area (Å²) in [5, 5.41) is 15.9. The predicted molar refractivity (Wildman–Crippen MR) is 135 cm³/mol. The summed E-state index contributed by atoms with van der Waals surface area (Å²) in [6.45, 7) is 1.99. The molecule has 1 aliphatic rings. The van der Waals surface area contributed by atoms with Crippen molar-refractivity contribution in [2.45, 2.75) is 26.1 Å². The number of amides is 2. The van der Waals surface area contributed by atoms with Gasteiger partial charge in [0, 0.05) is 18.7 Å². The number of cyclic esters (lactones) is 1. The molecule has 1 aromatic heterocycles. The summed E-state index contributed by atoms with van der Waals surface area (Å²) in [4.78, 5) is 25.4. The molecule has 1 saturated heterocycles. The lowest BCUT2D eigenvalue weighted by Gasteiger charge is -2.15. The van der Waals surface area contributed by atoms with Gasteiger partial charge in [-0.1, -0.05) is 29.5 Å². The fourth-order valence-corrected chi connectivity index (χ4v) is 4.15. The first-order valence-corrected chi connectivity index (χ1v) is 13.4. The third-order valence-electron chi connectivity index (χ3n) is 5.76. The average Bonchev–Trinajstić information content (AvgIpc) is 3.56. The molecule has 14 heteroatoms. The SMILES string of the molecule is CCS(=O)(=O)OCC(=O)NC[C@H]1CN(c2ccc(-c3ccc(CNCc4cnn[nH]4)cc3)c(F)c2)C(=O)O1. The Bertz CT molecular complexity index is 1370. The number of carbonyl (C=O) groups is 2. The van der Waals surface area contributed by atoms with Crippen molar-refractivity contribution in [3.05, 3.63) is 65.7 Å². The van der Waals surface area contributed by atoms with Crippen LogP contribution in [0.1, 0.15) is 18.2 Å². The zero-order valence-electron chi connectivity index (χ0n) is 20.5. The third-order valence-corrected chi connectivity index (χ3v) is 6.95. The van der Waals surface area contributed by atoms with Crippen molar-refractivity contribution in [1.29, 1.82) is 0 Å².